The van der Waals surface area contributed by atoms with Crippen LogP contribution in [0.15, 0.2) is 18.2 Å². The smallest absolute Gasteiger partial charge is 0.0375 e. The van der Waals surface area contributed by atoms with E-state index in [0.717, 1.165) is 11.4 Å². The lowest BCUT2D eigenvalue weighted by Gasteiger charge is -1.90. The molecule has 12 heavy (non-hydrogen) atoms. The normalized spacial score (nSPS) is 9.17. The molecule has 1 heterocycles. The zero-order valence-electron chi connectivity index (χ0n) is 8.63. The first kappa shape index (κ1) is 11.1. The van der Waals surface area contributed by atoms with Crippen LogP contribution in [0.1, 0.15) is 11.4 Å². The summed E-state index contributed by atoms with van der Waals surface area (Å²) in [6.07, 6.45) is 0. The summed E-state index contributed by atoms with van der Waals surface area (Å²) in [5, 5.41) is 0. The van der Waals surface area contributed by atoms with E-state index in [1.807, 2.05) is 58.1 Å². The molecule has 0 aliphatic carbocycles. The minimum atomic E-state index is 1.09. The molecule has 0 atom stereocenters. The van der Waals surface area contributed by atoms with Crippen LogP contribution in [0.25, 0.3) is 0 Å². The van der Waals surface area contributed by atoms with E-state index in [1.54, 1.807) is 0 Å². The van der Waals surface area contributed by atoms with Gasteiger partial charge in [-0.05, 0) is 47.1 Å². The molecule has 0 aliphatic heterocycles. The molecular weight excluding hydrogens is 148 g/mol. The predicted octanol–water partition coefficient (Wildman–Crippen LogP) is 1.88. The molecule has 1 aromatic rings. The van der Waals surface area contributed by atoms with Gasteiger partial charge in [-0.3, -0.25) is 4.98 Å². The topological polar surface area (TPSA) is 16.1 Å². The van der Waals surface area contributed by atoms with Crippen molar-refractivity contribution in [2.45, 2.75) is 13.8 Å². The summed E-state index contributed by atoms with van der Waals surface area (Å²) < 4.78 is 0. The molecule has 2 heteroatoms. The Morgan fingerprint density at radius 1 is 1.00 bits per heavy atom. The van der Waals surface area contributed by atoms with Crippen LogP contribution < -0.4 is 0 Å². The van der Waals surface area contributed by atoms with Crippen molar-refractivity contribution in [2.24, 2.45) is 0 Å². The van der Waals surface area contributed by atoms with Gasteiger partial charge < -0.3 is 4.90 Å². The van der Waals surface area contributed by atoms with Gasteiger partial charge in [0, 0.05) is 11.4 Å². The maximum absolute atomic E-state index is 4.17. The van der Waals surface area contributed by atoms with Crippen LogP contribution in [-0.2, 0) is 0 Å². The Bertz CT molecular complexity index is 199. The van der Waals surface area contributed by atoms with E-state index in [4.69, 9.17) is 0 Å². The van der Waals surface area contributed by atoms with Gasteiger partial charge in [-0.2, -0.15) is 0 Å². The third-order valence-electron chi connectivity index (χ3n) is 1.03. The summed E-state index contributed by atoms with van der Waals surface area (Å²) >= 11 is 0. The Hall–Kier alpha value is -0.890. The van der Waals surface area contributed by atoms with Gasteiger partial charge in [0.15, 0.2) is 0 Å². The first-order chi connectivity index (χ1) is 5.52. The van der Waals surface area contributed by atoms with Crippen LogP contribution >= 0.6 is 0 Å². The molecule has 1 aromatic heterocycles. The summed E-state index contributed by atoms with van der Waals surface area (Å²) in [5.41, 5.74) is 2.18. The number of pyridine rings is 1. The van der Waals surface area contributed by atoms with Crippen LogP contribution in [-0.4, -0.2) is 31.0 Å². The molecule has 0 saturated carbocycles. The SMILES string of the molecule is CN(C)C.Cc1cccc(C)n1. The molecule has 0 unspecified atom stereocenters. The van der Waals surface area contributed by atoms with Gasteiger partial charge in [-0.1, -0.05) is 6.07 Å². The second-order valence-electron chi connectivity index (χ2n) is 3.26. The summed E-state index contributed by atoms with van der Waals surface area (Å²) in [6.45, 7) is 3.99. The first-order valence-electron chi connectivity index (χ1n) is 4.03. The van der Waals surface area contributed by atoms with Crippen LogP contribution in [0.2, 0.25) is 0 Å². The van der Waals surface area contributed by atoms with Crippen molar-refractivity contribution in [1.29, 1.82) is 0 Å². The number of hydrogen-bond donors (Lipinski definition) is 0. The fraction of sp³-hybridized carbons (Fsp3) is 0.500. The van der Waals surface area contributed by atoms with Crippen molar-refractivity contribution < 1.29 is 0 Å². The first-order valence-corrected chi connectivity index (χ1v) is 4.03. The van der Waals surface area contributed by atoms with Gasteiger partial charge in [-0.15, -0.1) is 0 Å². The largest absolute Gasteiger partial charge is 0.312 e. The average molecular weight is 166 g/mol. The third kappa shape index (κ3) is 7.22. The number of hydrogen-bond acceptors (Lipinski definition) is 2. The molecule has 2 nitrogen and oxygen atoms in total. The van der Waals surface area contributed by atoms with Crippen LogP contribution in [0, 0.1) is 13.8 Å². The average Bonchev–Trinajstić information content (AvgIpc) is 1.84. The van der Waals surface area contributed by atoms with Crippen molar-refractivity contribution in [3.63, 3.8) is 0 Å². The van der Waals surface area contributed by atoms with Crippen molar-refractivity contribution in [3.8, 4) is 0 Å². The van der Waals surface area contributed by atoms with Gasteiger partial charge >= 0.3 is 0 Å². The Morgan fingerprint density at radius 3 is 1.50 bits per heavy atom. The Kier molecular flexibility index (Phi) is 5.30. The van der Waals surface area contributed by atoms with Crippen molar-refractivity contribution in [1.82, 2.24) is 9.88 Å². The van der Waals surface area contributed by atoms with E-state index >= 15 is 0 Å². The lowest BCUT2D eigenvalue weighted by Crippen LogP contribution is -1.99. The standard InChI is InChI=1S/C7H9N.C3H9N/c1-6-4-3-5-7(2)8-6;1-4(2)3/h3-5H,1-2H3;1-3H3. The molecule has 0 N–H and O–H groups in total. The molecule has 68 valence electrons. The molecule has 0 amide bonds. The third-order valence-corrected chi connectivity index (χ3v) is 1.03. The maximum atomic E-state index is 4.17. The monoisotopic (exact) mass is 166 g/mol. The summed E-state index contributed by atoms with van der Waals surface area (Å²) in [5.74, 6) is 0. The zero-order valence-corrected chi connectivity index (χ0v) is 8.63. The number of rotatable bonds is 0. The number of nitrogens with zero attached hydrogens (tertiary/aromatic N) is 2. The van der Waals surface area contributed by atoms with Crippen molar-refractivity contribution in [3.05, 3.63) is 29.6 Å². The van der Waals surface area contributed by atoms with E-state index in [9.17, 15) is 0 Å². The van der Waals surface area contributed by atoms with E-state index in [0.29, 0.717) is 0 Å². The van der Waals surface area contributed by atoms with E-state index < -0.39 is 0 Å². The van der Waals surface area contributed by atoms with E-state index in [-0.39, 0.29) is 0 Å². The van der Waals surface area contributed by atoms with E-state index in [1.165, 1.54) is 0 Å². The van der Waals surface area contributed by atoms with Crippen molar-refractivity contribution in [2.75, 3.05) is 21.1 Å². The fourth-order valence-electron chi connectivity index (χ4n) is 0.679. The lowest BCUT2D eigenvalue weighted by molar-refractivity contribution is 0.505. The molecule has 0 spiro atoms. The molecule has 0 fully saturated rings. The Labute approximate surface area is 75.2 Å². The summed E-state index contributed by atoms with van der Waals surface area (Å²) in [7, 11) is 6.00. The van der Waals surface area contributed by atoms with Crippen LogP contribution in [0.3, 0.4) is 0 Å². The number of aryl methyl sites for hydroxylation is 2. The van der Waals surface area contributed by atoms with Gasteiger partial charge in [-0.25, -0.2) is 0 Å². The molecule has 1 rings (SSSR count). The Balaban J connectivity index is 0.000000261. The van der Waals surface area contributed by atoms with Crippen LogP contribution in [0.5, 0.6) is 0 Å². The highest BCUT2D eigenvalue weighted by atomic mass is 15.0. The second kappa shape index (κ2) is 5.72. The highest BCUT2D eigenvalue weighted by Crippen LogP contribution is 1.93. The maximum Gasteiger partial charge on any atom is 0.0375 e. The molecule has 0 aromatic carbocycles. The minimum Gasteiger partial charge on any atom is -0.312 e. The van der Waals surface area contributed by atoms with Gasteiger partial charge in [0.25, 0.3) is 0 Å². The lowest BCUT2D eigenvalue weighted by atomic mass is 10.3. The highest BCUT2D eigenvalue weighted by molar-refractivity contribution is 5.07. The van der Waals surface area contributed by atoms with Crippen LogP contribution in [0.4, 0.5) is 0 Å². The predicted molar refractivity (Wildman–Crippen MR) is 53.3 cm³/mol. The Morgan fingerprint density at radius 2 is 1.33 bits per heavy atom. The number of aromatic nitrogens is 1. The van der Waals surface area contributed by atoms with Gasteiger partial charge in [0.2, 0.25) is 0 Å². The molecule has 0 saturated heterocycles. The molecular formula is C10H18N2. The highest BCUT2D eigenvalue weighted by Gasteiger charge is 1.82. The summed E-state index contributed by atoms with van der Waals surface area (Å²) in [6, 6.07) is 6.00. The van der Waals surface area contributed by atoms with Gasteiger partial charge in [0.1, 0.15) is 0 Å². The summed E-state index contributed by atoms with van der Waals surface area (Å²) in [4.78, 5) is 6.17. The molecule has 0 aliphatic rings. The molecule has 0 radical (unpaired) electrons. The zero-order chi connectivity index (χ0) is 9.56. The molecule has 0 bridgehead atoms. The minimum absolute atomic E-state index is 1.09. The van der Waals surface area contributed by atoms with Gasteiger partial charge in [0.05, 0.1) is 0 Å². The second-order valence-corrected chi connectivity index (χ2v) is 3.26. The fourth-order valence-corrected chi connectivity index (χ4v) is 0.679. The van der Waals surface area contributed by atoms with Crippen molar-refractivity contribution >= 4 is 0 Å². The quantitative estimate of drug-likeness (QED) is 0.585. The van der Waals surface area contributed by atoms with E-state index in [2.05, 4.69) is 4.98 Å².